The highest BCUT2D eigenvalue weighted by molar-refractivity contribution is 7.13. The minimum Gasteiger partial charge on any atom is -0.459 e. The van der Waals surface area contributed by atoms with Crippen LogP contribution in [0.2, 0.25) is 0 Å². The number of benzene rings is 1. The monoisotopic (exact) mass is 428 g/mol. The first kappa shape index (κ1) is 20.1. The quantitative estimate of drug-likeness (QED) is 0.651. The van der Waals surface area contributed by atoms with Gasteiger partial charge < -0.3 is 14.2 Å². The average molecular weight is 428 g/mol. The lowest BCUT2D eigenvalue weighted by atomic mass is 10.2. The number of anilines is 2. The van der Waals surface area contributed by atoms with Crippen molar-refractivity contribution in [2.75, 3.05) is 36.4 Å². The van der Waals surface area contributed by atoms with Crippen LogP contribution < -0.4 is 10.2 Å². The maximum absolute atomic E-state index is 13.9. The summed E-state index contributed by atoms with van der Waals surface area (Å²) in [5.41, 5.74) is 1.34. The first-order valence-electron chi connectivity index (χ1n) is 9.66. The van der Waals surface area contributed by atoms with Gasteiger partial charge >= 0.3 is 0 Å². The molecular weight excluding hydrogens is 407 g/mol. The van der Waals surface area contributed by atoms with Gasteiger partial charge in [-0.25, -0.2) is 9.37 Å². The Labute approximate surface area is 177 Å². The van der Waals surface area contributed by atoms with Crippen molar-refractivity contribution in [2.24, 2.45) is 0 Å². The van der Waals surface area contributed by atoms with Crippen molar-refractivity contribution < 1.29 is 18.4 Å². The molecule has 30 heavy (non-hydrogen) atoms. The van der Waals surface area contributed by atoms with E-state index in [-0.39, 0.29) is 23.4 Å². The van der Waals surface area contributed by atoms with Gasteiger partial charge in [-0.2, -0.15) is 0 Å². The summed E-state index contributed by atoms with van der Waals surface area (Å²) in [4.78, 5) is 32.7. The lowest BCUT2D eigenvalue weighted by Gasteiger charge is -2.36. The number of rotatable bonds is 6. The van der Waals surface area contributed by atoms with Crippen molar-refractivity contribution in [1.29, 1.82) is 0 Å². The second-order valence-electron chi connectivity index (χ2n) is 6.89. The van der Waals surface area contributed by atoms with Crippen LogP contribution in [0.25, 0.3) is 0 Å². The summed E-state index contributed by atoms with van der Waals surface area (Å²) in [6, 6.07) is 9.92. The summed E-state index contributed by atoms with van der Waals surface area (Å²) in [7, 11) is 0. The third-order valence-corrected chi connectivity index (χ3v) is 5.74. The lowest BCUT2D eigenvalue weighted by Crippen LogP contribution is -2.49. The Balaban J connectivity index is 1.24. The van der Waals surface area contributed by atoms with Gasteiger partial charge in [-0.05, 0) is 30.7 Å². The molecule has 1 N–H and O–H groups in total. The van der Waals surface area contributed by atoms with E-state index >= 15 is 0 Å². The Kier molecular flexibility index (Phi) is 6.08. The van der Waals surface area contributed by atoms with Gasteiger partial charge in [0, 0.05) is 38.0 Å². The van der Waals surface area contributed by atoms with E-state index in [1.54, 1.807) is 24.3 Å². The Morgan fingerprint density at radius 3 is 2.67 bits per heavy atom. The Morgan fingerprint density at radius 2 is 1.93 bits per heavy atom. The van der Waals surface area contributed by atoms with E-state index in [0.717, 1.165) is 5.69 Å². The van der Waals surface area contributed by atoms with E-state index in [4.69, 9.17) is 4.42 Å². The molecule has 3 heterocycles. The number of amides is 2. The van der Waals surface area contributed by atoms with E-state index in [2.05, 4.69) is 10.3 Å². The fourth-order valence-corrected chi connectivity index (χ4v) is 4.08. The van der Waals surface area contributed by atoms with Gasteiger partial charge in [0.05, 0.1) is 17.6 Å². The molecule has 1 aliphatic heterocycles. The second-order valence-corrected chi connectivity index (χ2v) is 7.75. The zero-order valence-electron chi connectivity index (χ0n) is 16.2. The minimum atomic E-state index is -0.357. The summed E-state index contributed by atoms with van der Waals surface area (Å²) in [6.07, 6.45) is 2.28. The number of aromatic nitrogens is 1. The first-order valence-corrected chi connectivity index (χ1v) is 10.5. The number of halogens is 1. The summed E-state index contributed by atoms with van der Waals surface area (Å²) >= 11 is 1.31. The molecule has 3 aromatic rings. The number of carbonyl (C=O) groups excluding carboxylic acids is 2. The predicted octanol–water partition coefficient (Wildman–Crippen LogP) is 3.41. The van der Waals surface area contributed by atoms with Crippen molar-refractivity contribution in [2.45, 2.75) is 12.8 Å². The third-order valence-electron chi connectivity index (χ3n) is 4.94. The molecule has 0 saturated carbocycles. The number of carbonyl (C=O) groups is 2. The highest BCUT2D eigenvalue weighted by atomic mass is 32.1. The van der Waals surface area contributed by atoms with Crippen LogP contribution in [0, 0.1) is 5.82 Å². The molecule has 4 rings (SSSR count). The smallest absolute Gasteiger partial charge is 0.293 e. The molecular formula is C21H21FN4O3S. The minimum absolute atomic E-state index is 0.0531. The van der Waals surface area contributed by atoms with Gasteiger partial charge in [-0.1, -0.05) is 12.1 Å². The topological polar surface area (TPSA) is 78.7 Å². The molecule has 0 bridgehead atoms. The molecule has 156 valence electrons. The normalized spacial score (nSPS) is 14.0. The van der Waals surface area contributed by atoms with Crippen LogP contribution in [0.5, 0.6) is 0 Å². The largest absolute Gasteiger partial charge is 0.459 e. The first-order chi connectivity index (χ1) is 14.6. The number of hydrogen-bond acceptors (Lipinski definition) is 6. The lowest BCUT2D eigenvalue weighted by molar-refractivity contribution is -0.131. The number of furan rings is 1. The number of hydrogen-bond donors (Lipinski definition) is 1. The van der Waals surface area contributed by atoms with Crippen LogP contribution in [0.4, 0.5) is 15.2 Å². The number of para-hydroxylation sites is 1. The molecule has 9 heteroatoms. The van der Waals surface area contributed by atoms with Crippen LogP contribution >= 0.6 is 11.3 Å². The Hall–Kier alpha value is -3.20. The number of piperazine rings is 1. The second kappa shape index (κ2) is 9.08. The summed E-state index contributed by atoms with van der Waals surface area (Å²) in [6.45, 7) is 2.34. The van der Waals surface area contributed by atoms with Crippen LogP contribution in [0.3, 0.4) is 0 Å². The van der Waals surface area contributed by atoms with Crippen LogP contribution in [-0.2, 0) is 11.2 Å². The average Bonchev–Trinajstić information content (AvgIpc) is 3.45. The SMILES string of the molecule is O=C(Nc1nc(CCC(=O)N2CCN(c3ccccc3F)CC2)cs1)c1ccco1. The van der Waals surface area contributed by atoms with E-state index in [1.165, 1.54) is 23.7 Å². The highest BCUT2D eigenvalue weighted by Crippen LogP contribution is 2.21. The molecule has 0 radical (unpaired) electrons. The van der Waals surface area contributed by atoms with Crippen molar-refractivity contribution in [1.82, 2.24) is 9.88 Å². The van der Waals surface area contributed by atoms with Crippen LogP contribution in [0.15, 0.2) is 52.5 Å². The number of aryl methyl sites for hydroxylation is 1. The summed E-state index contributed by atoms with van der Waals surface area (Å²) in [5.74, 6) is -0.325. The van der Waals surface area contributed by atoms with Gasteiger partial charge in [-0.3, -0.25) is 14.9 Å². The van der Waals surface area contributed by atoms with Crippen molar-refractivity contribution >= 4 is 34.0 Å². The van der Waals surface area contributed by atoms with Gasteiger partial charge in [0.15, 0.2) is 10.9 Å². The summed E-state index contributed by atoms with van der Waals surface area (Å²) in [5, 5.41) is 4.99. The van der Waals surface area contributed by atoms with Crippen LogP contribution in [0.1, 0.15) is 22.7 Å². The maximum atomic E-state index is 13.9. The standard InChI is InChI=1S/C21H21FN4O3S/c22-16-4-1-2-5-17(16)25-9-11-26(12-10-25)19(27)8-7-15-14-30-21(23-15)24-20(28)18-6-3-13-29-18/h1-6,13-14H,7-12H2,(H,23,24,28). The molecule has 0 unspecified atom stereocenters. The van der Waals surface area contributed by atoms with E-state index < -0.39 is 0 Å². The maximum Gasteiger partial charge on any atom is 0.293 e. The fourth-order valence-electron chi connectivity index (χ4n) is 3.34. The number of nitrogens with zero attached hydrogens (tertiary/aromatic N) is 3. The fraction of sp³-hybridized carbons (Fsp3) is 0.286. The summed E-state index contributed by atoms with van der Waals surface area (Å²) < 4.78 is 19.0. The zero-order chi connectivity index (χ0) is 20.9. The predicted molar refractivity (Wildman–Crippen MR) is 112 cm³/mol. The molecule has 1 saturated heterocycles. The van der Waals surface area contributed by atoms with Gasteiger partial charge in [0.1, 0.15) is 5.82 Å². The van der Waals surface area contributed by atoms with Crippen molar-refractivity contribution in [3.63, 3.8) is 0 Å². The van der Waals surface area contributed by atoms with E-state index in [0.29, 0.717) is 49.8 Å². The van der Waals surface area contributed by atoms with Crippen molar-refractivity contribution in [3.05, 3.63) is 65.3 Å². The molecule has 2 aromatic heterocycles. The van der Waals surface area contributed by atoms with E-state index in [9.17, 15) is 14.0 Å². The molecule has 1 aromatic carbocycles. The Morgan fingerprint density at radius 1 is 1.13 bits per heavy atom. The molecule has 1 aliphatic rings. The highest BCUT2D eigenvalue weighted by Gasteiger charge is 2.22. The molecule has 7 nitrogen and oxygen atoms in total. The molecule has 0 aliphatic carbocycles. The van der Waals surface area contributed by atoms with Gasteiger partial charge in [0.2, 0.25) is 5.91 Å². The molecule has 0 atom stereocenters. The van der Waals surface area contributed by atoms with Crippen LogP contribution in [-0.4, -0.2) is 47.9 Å². The van der Waals surface area contributed by atoms with E-state index in [1.807, 2.05) is 21.2 Å². The number of thiazole rings is 1. The molecule has 2 amide bonds. The van der Waals surface area contributed by atoms with Gasteiger partial charge in [0.25, 0.3) is 5.91 Å². The van der Waals surface area contributed by atoms with Crippen molar-refractivity contribution in [3.8, 4) is 0 Å². The number of nitrogens with one attached hydrogen (secondary N) is 1. The third kappa shape index (κ3) is 4.68. The zero-order valence-corrected chi connectivity index (χ0v) is 17.0. The molecule has 1 fully saturated rings. The Bertz CT molecular complexity index is 1010. The van der Waals surface area contributed by atoms with Gasteiger partial charge in [-0.15, -0.1) is 11.3 Å². The molecule has 0 spiro atoms.